The molecule has 0 amide bonds. The van der Waals surface area contributed by atoms with Gasteiger partial charge in [0.05, 0.1) is 12.7 Å². The van der Waals surface area contributed by atoms with Crippen molar-refractivity contribution >= 4 is 5.78 Å². The Bertz CT molecular complexity index is 697. The van der Waals surface area contributed by atoms with Gasteiger partial charge < -0.3 is 4.74 Å². The van der Waals surface area contributed by atoms with E-state index >= 15 is 0 Å². The quantitative estimate of drug-likeness (QED) is 0.421. The standard InChI is InChI=1S/C22H28F4O2/c1-22(25,26)16-9-7-14(8-10-16)13-3-5-15(6-4-13)21(27)17-11-12-18(28-2)20(24)19(17)23/h11-16H,3-10H2,1-2H3. The molecule has 1 aromatic rings. The SMILES string of the molecule is COc1ccc(C(=O)C2CCC(C3CCC(C(C)(F)F)CC3)CC2)c(F)c1F. The Hall–Kier alpha value is -1.59. The van der Waals surface area contributed by atoms with Crippen LogP contribution in [0.15, 0.2) is 12.1 Å². The monoisotopic (exact) mass is 400 g/mol. The van der Waals surface area contributed by atoms with Crippen molar-refractivity contribution in [1.82, 2.24) is 0 Å². The van der Waals surface area contributed by atoms with Crippen molar-refractivity contribution < 1.29 is 27.1 Å². The van der Waals surface area contributed by atoms with Crippen LogP contribution in [0.4, 0.5) is 17.6 Å². The average molecular weight is 400 g/mol. The van der Waals surface area contributed by atoms with Gasteiger partial charge in [-0.3, -0.25) is 4.79 Å². The van der Waals surface area contributed by atoms with Crippen molar-refractivity contribution in [2.45, 2.75) is 64.2 Å². The lowest BCUT2D eigenvalue weighted by Crippen LogP contribution is -2.33. The number of Topliss-reactive ketones (excluding diaryl/α,β-unsaturated/α-hetero) is 1. The summed E-state index contributed by atoms with van der Waals surface area (Å²) in [5.74, 6) is -5.41. The molecule has 0 bridgehead atoms. The third-order valence-corrected chi connectivity index (χ3v) is 6.83. The minimum Gasteiger partial charge on any atom is -0.494 e. The van der Waals surface area contributed by atoms with Crippen LogP contribution in [0.5, 0.6) is 5.75 Å². The molecule has 2 saturated carbocycles. The number of hydrogen-bond donors (Lipinski definition) is 0. The summed E-state index contributed by atoms with van der Waals surface area (Å²) in [6.45, 7) is 1.01. The van der Waals surface area contributed by atoms with E-state index < -0.39 is 23.5 Å². The van der Waals surface area contributed by atoms with Crippen LogP contribution in [-0.2, 0) is 0 Å². The van der Waals surface area contributed by atoms with Crippen molar-refractivity contribution in [3.05, 3.63) is 29.3 Å². The van der Waals surface area contributed by atoms with Crippen LogP contribution in [0, 0.1) is 35.3 Å². The van der Waals surface area contributed by atoms with Gasteiger partial charge in [-0.15, -0.1) is 0 Å². The molecule has 2 nitrogen and oxygen atoms in total. The fourth-order valence-corrected chi connectivity index (χ4v) is 5.05. The number of halogens is 4. The van der Waals surface area contributed by atoms with Gasteiger partial charge in [-0.25, -0.2) is 13.2 Å². The van der Waals surface area contributed by atoms with E-state index in [2.05, 4.69) is 0 Å². The number of carbonyl (C=O) groups excluding carboxylic acids is 1. The Labute approximate surface area is 163 Å². The van der Waals surface area contributed by atoms with E-state index in [1.807, 2.05) is 0 Å². The number of ether oxygens (including phenoxy) is 1. The molecule has 0 spiro atoms. The summed E-state index contributed by atoms with van der Waals surface area (Å²) in [5, 5.41) is 0. The first kappa shape index (κ1) is 21.1. The second-order valence-electron chi connectivity index (χ2n) is 8.49. The van der Waals surface area contributed by atoms with Gasteiger partial charge in [0.1, 0.15) is 0 Å². The van der Waals surface area contributed by atoms with Crippen LogP contribution in [0.1, 0.15) is 68.6 Å². The largest absolute Gasteiger partial charge is 0.494 e. The van der Waals surface area contributed by atoms with Gasteiger partial charge in [0.2, 0.25) is 11.7 Å². The van der Waals surface area contributed by atoms with Gasteiger partial charge in [0.15, 0.2) is 17.3 Å². The lowest BCUT2D eigenvalue weighted by Gasteiger charge is -2.38. The highest BCUT2D eigenvalue weighted by Crippen LogP contribution is 2.45. The van der Waals surface area contributed by atoms with E-state index in [0.717, 1.165) is 32.6 Å². The Balaban J connectivity index is 1.56. The second kappa shape index (κ2) is 8.42. The van der Waals surface area contributed by atoms with Gasteiger partial charge in [-0.1, -0.05) is 0 Å². The molecule has 2 aliphatic carbocycles. The fraction of sp³-hybridized carbons (Fsp3) is 0.682. The summed E-state index contributed by atoms with van der Waals surface area (Å²) in [6, 6.07) is 2.57. The maximum atomic E-state index is 14.2. The zero-order valence-corrected chi connectivity index (χ0v) is 16.4. The highest BCUT2D eigenvalue weighted by atomic mass is 19.3. The summed E-state index contributed by atoms with van der Waals surface area (Å²) in [5.41, 5.74) is -0.215. The van der Waals surface area contributed by atoms with E-state index in [1.165, 1.54) is 19.2 Å². The van der Waals surface area contributed by atoms with Gasteiger partial charge in [-0.05, 0) is 82.3 Å². The highest BCUT2D eigenvalue weighted by Gasteiger charge is 2.39. The molecule has 2 aliphatic rings. The van der Waals surface area contributed by atoms with Gasteiger partial charge in [-0.2, -0.15) is 4.39 Å². The maximum absolute atomic E-state index is 14.2. The maximum Gasteiger partial charge on any atom is 0.248 e. The molecule has 0 N–H and O–H groups in total. The fourth-order valence-electron chi connectivity index (χ4n) is 5.05. The molecule has 0 saturated heterocycles. The number of alkyl halides is 2. The molecule has 0 radical (unpaired) electrons. The van der Waals surface area contributed by atoms with E-state index in [4.69, 9.17) is 4.74 Å². The van der Waals surface area contributed by atoms with Crippen LogP contribution >= 0.6 is 0 Å². The number of hydrogen-bond acceptors (Lipinski definition) is 2. The molecule has 0 unspecified atom stereocenters. The molecule has 6 heteroatoms. The molecule has 0 heterocycles. The number of rotatable bonds is 5. The van der Waals surface area contributed by atoms with E-state index in [-0.39, 0.29) is 23.0 Å². The number of benzene rings is 1. The van der Waals surface area contributed by atoms with Crippen LogP contribution in [-0.4, -0.2) is 18.8 Å². The summed E-state index contributed by atoms with van der Waals surface area (Å²) < 4.78 is 59.8. The summed E-state index contributed by atoms with van der Waals surface area (Å²) in [7, 11) is 1.25. The van der Waals surface area contributed by atoms with Crippen LogP contribution in [0.2, 0.25) is 0 Å². The van der Waals surface area contributed by atoms with E-state index in [9.17, 15) is 22.4 Å². The first-order valence-corrected chi connectivity index (χ1v) is 10.2. The van der Waals surface area contributed by atoms with E-state index in [1.54, 1.807) is 0 Å². The number of methoxy groups -OCH3 is 1. The Kier molecular flexibility index (Phi) is 6.35. The number of ketones is 1. The van der Waals surface area contributed by atoms with Gasteiger partial charge in [0, 0.05) is 11.8 Å². The summed E-state index contributed by atoms with van der Waals surface area (Å²) >= 11 is 0. The molecular formula is C22H28F4O2. The van der Waals surface area contributed by atoms with Crippen LogP contribution < -0.4 is 4.74 Å². The lowest BCUT2D eigenvalue weighted by molar-refractivity contribution is -0.0617. The molecule has 3 rings (SSSR count). The Morgan fingerprint density at radius 1 is 0.929 bits per heavy atom. The molecule has 0 aromatic heterocycles. The minimum atomic E-state index is -2.60. The van der Waals surface area contributed by atoms with Crippen LogP contribution in [0.3, 0.4) is 0 Å². The normalized spacial score (nSPS) is 28.8. The van der Waals surface area contributed by atoms with Crippen molar-refractivity contribution in [3.63, 3.8) is 0 Å². The molecule has 1 aromatic carbocycles. The predicted molar refractivity (Wildman–Crippen MR) is 98.8 cm³/mol. The van der Waals surface area contributed by atoms with E-state index in [0.29, 0.717) is 37.5 Å². The van der Waals surface area contributed by atoms with Gasteiger partial charge in [0.25, 0.3) is 0 Å². The molecule has 156 valence electrons. The van der Waals surface area contributed by atoms with Crippen molar-refractivity contribution in [2.24, 2.45) is 23.7 Å². The molecule has 28 heavy (non-hydrogen) atoms. The molecular weight excluding hydrogens is 372 g/mol. The molecule has 2 fully saturated rings. The smallest absolute Gasteiger partial charge is 0.248 e. The van der Waals surface area contributed by atoms with Crippen molar-refractivity contribution in [1.29, 1.82) is 0 Å². The topological polar surface area (TPSA) is 26.3 Å². The zero-order valence-electron chi connectivity index (χ0n) is 16.4. The van der Waals surface area contributed by atoms with Crippen molar-refractivity contribution in [2.75, 3.05) is 7.11 Å². The molecule has 0 atom stereocenters. The first-order valence-electron chi connectivity index (χ1n) is 10.2. The van der Waals surface area contributed by atoms with Crippen molar-refractivity contribution in [3.8, 4) is 5.75 Å². The average Bonchev–Trinajstić information content (AvgIpc) is 2.69. The zero-order chi connectivity index (χ0) is 20.5. The third kappa shape index (κ3) is 4.36. The Morgan fingerprint density at radius 3 is 1.96 bits per heavy atom. The number of carbonyl (C=O) groups is 1. The molecule has 0 aliphatic heterocycles. The highest BCUT2D eigenvalue weighted by molar-refractivity contribution is 5.98. The summed E-state index contributed by atoms with van der Waals surface area (Å²) in [4.78, 5) is 12.7. The Morgan fingerprint density at radius 2 is 1.46 bits per heavy atom. The minimum absolute atomic E-state index is 0.215. The predicted octanol–water partition coefficient (Wildman–Crippen LogP) is 6.42. The lowest BCUT2D eigenvalue weighted by atomic mass is 9.67. The summed E-state index contributed by atoms with van der Waals surface area (Å²) in [6.07, 6.45) is 5.71. The third-order valence-electron chi connectivity index (χ3n) is 6.83. The van der Waals surface area contributed by atoms with Crippen LogP contribution in [0.25, 0.3) is 0 Å². The first-order chi connectivity index (χ1) is 13.2. The second-order valence-corrected chi connectivity index (χ2v) is 8.49. The van der Waals surface area contributed by atoms with Gasteiger partial charge >= 0.3 is 0 Å².